The van der Waals surface area contributed by atoms with Crippen LogP contribution in [-0.2, 0) is 0 Å². The van der Waals surface area contributed by atoms with Crippen molar-refractivity contribution in [3.05, 3.63) is 42.9 Å². The van der Waals surface area contributed by atoms with E-state index in [1.807, 2.05) is 6.08 Å². The first kappa shape index (κ1) is 6.14. The lowest BCUT2D eigenvalue weighted by Gasteiger charge is -1.87. The van der Waals surface area contributed by atoms with Crippen molar-refractivity contribution in [2.75, 3.05) is 0 Å². The summed E-state index contributed by atoms with van der Waals surface area (Å²) in [7, 11) is 0. The zero-order valence-corrected chi connectivity index (χ0v) is 5.00. The van der Waals surface area contributed by atoms with Gasteiger partial charge in [0.25, 0.3) is 0 Å². The van der Waals surface area contributed by atoms with Crippen molar-refractivity contribution in [2.24, 2.45) is 0 Å². The largest absolute Gasteiger partial charge is 0.223 e. The maximum Gasteiger partial charge on any atom is 0.181 e. The van der Waals surface area contributed by atoms with Gasteiger partial charge >= 0.3 is 0 Å². The lowest BCUT2D eigenvalue weighted by Crippen LogP contribution is -1.87. The SMILES string of the molecule is FC1/C=C\C=C/[CH+]/C=C\1. The van der Waals surface area contributed by atoms with Gasteiger partial charge in [-0.15, -0.1) is 0 Å². The maximum atomic E-state index is 12.4. The Morgan fingerprint density at radius 2 is 2.00 bits per heavy atom. The molecule has 0 radical (unpaired) electrons. The van der Waals surface area contributed by atoms with Crippen LogP contribution in [0.25, 0.3) is 0 Å². The molecule has 0 saturated heterocycles. The first-order chi connectivity index (χ1) is 4.39. The fourth-order valence-electron chi connectivity index (χ4n) is 0.597. The summed E-state index contributed by atoms with van der Waals surface area (Å²) in [6.45, 7) is 0. The third-order valence-electron chi connectivity index (χ3n) is 1.03. The van der Waals surface area contributed by atoms with Crippen molar-refractivity contribution in [3.8, 4) is 0 Å². The van der Waals surface area contributed by atoms with Crippen molar-refractivity contribution in [3.63, 3.8) is 0 Å². The summed E-state index contributed by atoms with van der Waals surface area (Å²) in [4.78, 5) is 0. The summed E-state index contributed by atoms with van der Waals surface area (Å²) in [5.74, 6) is 0. The Morgan fingerprint density at radius 1 is 1.11 bits per heavy atom. The Hall–Kier alpha value is -0.980. The Balaban J connectivity index is 2.61. The molecule has 1 atom stereocenters. The van der Waals surface area contributed by atoms with Crippen molar-refractivity contribution in [2.45, 2.75) is 6.17 Å². The summed E-state index contributed by atoms with van der Waals surface area (Å²) in [6, 6.07) is 0. The number of alkyl halides is 1. The van der Waals surface area contributed by atoms with E-state index in [9.17, 15) is 4.39 Å². The average Bonchev–Trinajstić information content (AvgIpc) is 1.79. The van der Waals surface area contributed by atoms with Crippen LogP contribution in [0.2, 0.25) is 0 Å². The molecule has 0 aromatic carbocycles. The second kappa shape index (κ2) is 3.13. The Morgan fingerprint density at radius 3 is 2.89 bits per heavy atom. The minimum Gasteiger partial charge on any atom is -0.223 e. The van der Waals surface area contributed by atoms with Crippen molar-refractivity contribution < 1.29 is 4.39 Å². The van der Waals surface area contributed by atoms with Crippen LogP contribution < -0.4 is 0 Å². The third-order valence-corrected chi connectivity index (χ3v) is 1.03. The molecule has 0 fully saturated rings. The van der Waals surface area contributed by atoms with Gasteiger partial charge in [0.1, 0.15) is 0 Å². The molecule has 1 heteroatoms. The molecule has 1 unspecified atom stereocenters. The number of halogens is 1. The molecule has 0 aliphatic heterocycles. The highest BCUT2D eigenvalue weighted by atomic mass is 19.1. The summed E-state index contributed by atoms with van der Waals surface area (Å²) in [5.41, 5.74) is 0. The smallest absolute Gasteiger partial charge is 0.181 e. The highest BCUT2D eigenvalue weighted by Gasteiger charge is 1.97. The van der Waals surface area contributed by atoms with E-state index in [4.69, 9.17) is 0 Å². The molecule has 0 aromatic rings. The topological polar surface area (TPSA) is 0 Å². The molecule has 1 aliphatic carbocycles. The van der Waals surface area contributed by atoms with Gasteiger partial charge < -0.3 is 0 Å². The molecule has 0 aromatic heterocycles. The summed E-state index contributed by atoms with van der Waals surface area (Å²) in [6.07, 6.45) is 10.9. The van der Waals surface area contributed by atoms with Crippen molar-refractivity contribution >= 4 is 0 Å². The van der Waals surface area contributed by atoms with E-state index in [1.165, 1.54) is 12.2 Å². The van der Waals surface area contributed by atoms with E-state index >= 15 is 0 Å². The molecular weight excluding hydrogens is 115 g/mol. The van der Waals surface area contributed by atoms with Crippen molar-refractivity contribution in [1.29, 1.82) is 0 Å². The van der Waals surface area contributed by atoms with Crippen LogP contribution in [0.3, 0.4) is 0 Å². The first-order valence-corrected chi connectivity index (χ1v) is 2.88. The van der Waals surface area contributed by atoms with Gasteiger partial charge in [0.15, 0.2) is 6.17 Å². The second-order valence-electron chi connectivity index (χ2n) is 1.79. The van der Waals surface area contributed by atoms with Crippen LogP contribution in [0, 0.1) is 6.42 Å². The Labute approximate surface area is 54.4 Å². The molecular formula is C8H8F+. The van der Waals surface area contributed by atoms with Gasteiger partial charge in [0, 0.05) is 30.7 Å². The predicted octanol–water partition coefficient (Wildman–Crippen LogP) is 2.21. The molecule has 0 bridgehead atoms. The number of hydrogen-bond donors (Lipinski definition) is 0. The number of allylic oxidation sites excluding steroid dienone is 6. The minimum absolute atomic E-state index is 0.925. The van der Waals surface area contributed by atoms with Crippen molar-refractivity contribution in [1.82, 2.24) is 0 Å². The van der Waals surface area contributed by atoms with Crippen LogP contribution in [0.15, 0.2) is 36.5 Å². The molecule has 0 amide bonds. The zero-order valence-electron chi connectivity index (χ0n) is 5.00. The quantitative estimate of drug-likeness (QED) is 0.433. The third kappa shape index (κ3) is 2.17. The van der Waals surface area contributed by atoms with E-state index in [1.54, 1.807) is 24.6 Å². The molecule has 0 nitrogen and oxygen atoms in total. The highest BCUT2D eigenvalue weighted by molar-refractivity contribution is 5.20. The standard InChI is InChI=1S/C8H8F/c9-8-6-4-2-1-3-5-7-8/h1-8H/q+1/b2-1-,6-4-,7-5-. The molecule has 0 N–H and O–H groups in total. The molecule has 0 saturated carbocycles. The van der Waals surface area contributed by atoms with Crippen LogP contribution in [0.5, 0.6) is 0 Å². The van der Waals surface area contributed by atoms with Crippen LogP contribution in [-0.4, -0.2) is 6.17 Å². The summed E-state index contributed by atoms with van der Waals surface area (Å²) < 4.78 is 12.4. The van der Waals surface area contributed by atoms with Gasteiger partial charge in [0.2, 0.25) is 0 Å². The summed E-state index contributed by atoms with van der Waals surface area (Å²) in [5, 5.41) is 0. The van der Waals surface area contributed by atoms with E-state index in [0.717, 1.165) is 0 Å². The number of hydrogen-bond acceptors (Lipinski definition) is 0. The lowest BCUT2D eigenvalue weighted by atomic mass is 10.2. The van der Waals surface area contributed by atoms with Gasteiger partial charge in [-0.05, 0) is 12.2 Å². The van der Waals surface area contributed by atoms with Crippen LogP contribution in [0.1, 0.15) is 0 Å². The van der Waals surface area contributed by atoms with Gasteiger partial charge in [-0.2, -0.15) is 0 Å². The molecule has 0 heterocycles. The molecule has 1 aliphatic rings. The Kier molecular flexibility index (Phi) is 2.13. The summed E-state index contributed by atoms with van der Waals surface area (Å²) >= 11 is 0. The van der Waals surface area contributed by atoms with E-state index < -0.39 is 6.17 Å². The fourth-order valence-corrected chi connectivity index (χ4v) is 0.597. The van der Waals surface area contributed by atoms with Gasteiger partial charge in [-0.25, -0.2) is 4.39 Å². The van der Waals surface area contributed by atoms with Crippen LogP contribution >= 0.6 is 0 Å². The Bertz CT molecular complexity index is 154. The second-order valence-corrected chi connectivity index (χ2v) is 1.79. The van der Waals surface area contributed by atoms with Gasteiger partial charge in [0.05, 0.1) is 0 Å². The normalized spacial score (nSPS) is 35.4. The van der Waals surface area contributed by atoms with Gasteiger partial charge in [-0.3, -0.25) is 0 Å². The highest BCUT2D eigenvalue weighted by Crippen LogP contribution is 2.00. The molecule has 9 heavy (non-hydrogen) atoms. The maximum absolute atomic E-state index is 12.4. The predicted molar refractivity (Wildman–Crippen MR) is 36.6 cm³/mol. The van der Waals surface area contributed by atoms with E-state index in [-0.39, 0.29) is 0 Å². The lowest BCUT2D eigenvalue weighted by molar-refractivity contribution is 0.469. The minimum atomic E-state index is -0.925. The zero-order chi connectivity index (χ0) is 6.53. The van der Waals surface area contributed by atoms with E-state index in [0.29, 0.717) is 0 Å². The first-order valence-electron chi connectivity index (χ1n) is 2.88. The molecule has 46 valence electrons. The molecule has 1 rings (SSSR count). The fraction of sp³-hybridized carbons (Fsp3) is 0.125. The van der Waals surface area contributed by atoms with E-state index in [2.05, 4.69) is 0 Å². The number of rotatable bonds is 0. The van der Waals surface area contributed by atoms with Gasteiger partial charge in [-0.1, -0.05) is 0 Å². The van der Waals surface area contributed by atoms with Crippen LogP contribution in [0.4, 0.5) is 4.39 Å². The molecule has 0 spiro atoms. The monoisotopic (exact) mass is 123 g/mol. The average molecular weight is 123 g/mol.